The molecule has 0 spiro atoms. The van der Waals surface area contributed by atoms with E-state index >= 15 is 0 Å². The molecular weight excluding hydrogens is 476 g/mol. The molecule has 0 bridgehead atoms. The quantitative estimate of drug-likeness (QED) is 0.380. The van der Waals surface area contributed by atoms with Gasteiger partial charge in [-0.15, -0.1) is 0 Å². The Hall–Kier alpha value is -2.91. The number of benzene rings is 2. The maximum absolute atomic E-state index is 12.6. The number of sulfonamides is 2. The van der Waals surface area contributed by atoms with Crippen LogP contribution in [0.2, 0.25) is 0 Å². The highest BCUT2D eigenvalue weighted by Gasteiger charge is 2.26. The van der Waals surface area contributed by atoms with Gasteiger partial charge in [0.15, 0.2) is 0 Å². The van der Waals surface area contributed by atoms with Crippen LogP contribution in [0.1, 0.15) is 6.42 Å². The third kappa shape index (κ3) is 6.33. The SMILES string of the molecule is O=C(CCNS(=O)(=O)c1ccc([N+](=O)[O-])cc1)Nc1ccc(S(=O)(=O)N2CCOCC2)cc1. The fraction of sp³-hybridized carbons (Fsp3) is 0.316. The number of carbonyl (C=O) groups excluding carboxylic acids is 1. The lowest BCUT2D eigenvalue weighted by Gasteiger charge is -2.26. The Morgan fingerprint density at radius 1 is 0.970 bits per heavy atom. The first-order valence-corrected chi connectivity index (χ1v) is 12.7. The van der Waals surface area contributed by atoms with Crippen LogP contribution in [0.4, 0.5) is 11.4 Å². The fourth-order valence-electron chi connectivity index (χ4n) is 3.00. The molecule has 0 aromatic heterocycles. The molecular formula is C19H22N4O8S2. The molecule has 14 heteroatoms. The van der Waals surface area contributed by atoms with Gasteiger partial charge in [0.25, 0.3) is 5.69 Å². The van der Waals surface area contributed by atoms with E-state index in [2.05, 4.69) is 10.0 Å². The second kappa shape index (κ2) is 10.4. The number of nitro groups is 1. The van der Waals surface area contributed by atoms with Crippen molar-refractivity contribution in [2.45, 2.75) is 16.2 Å². The number of nitrogens with one attached hydrogen (secondary N) is 2. The number of ether oxygens (including phenoxy) is 1. The maximum atomic E-state index is 12.6. The average molecular weight is 499 g/mol. The van der Waals surface area contributed by atoms with E-state index in [0.29, 0.717) is 18.9 Å². The normalized spacial score (nSPS) is 15.2. The standard InChI is InChI=1S/C19H22N4O8S2/c24-19(9-10-20-32(27,28)17-7-3-16(4-8-17)23(25)26)21-15-1-5-18(6-2-15)33(29,30)22-11-13-31-14-12-22/h1-8,20H,9-14H2,(H,21,24). The van der Waals surface area contributed by atoms with Gasteiger partial charge in [-0.2, -0.15) is 4.31 Å². The minimum Gasteiger partial charge on any atom is -0.379 e. The van der Waals surface area contributed by atoms with E-state index in [1.54, 1.807) is 0 Å². The zero-order valence-corrected chi connectivity index (χ0v) is 19.0. The van der Waals surface area contributed by atoms with E-state index in [1.165, 1.54) is 28.6 Å². The van der Waals surface area contributed by atoms with Crippen molar-refractivity contribution in [2.24, 2.45) is 0 Å². The molecule has 0 saturated carbocycles. The Morgan fingerprint density at radius 3 is 2.12 bits per heavy atom. The Morgan fingerprint density at radius 2 is 1.55 bits per heavy atom. The molecule has 1 aliphatic rings. The zero-order valence-electron chi connectivity index (χ0n) is 17.3. The van der Waals surface area contributed by atoms with E-state index in [-0.39, 0.29) is 41.5 Å². The van der Waals surface area contributed by atoms with E-state index in [4.69, 9.17) is 4.74 Å². The Kier molecular flexibility index (Phi) is 7.76. The summed E-state index contributed by atoms with van der Waals surface area (Å²) in [6.45, 7) is 1.02. The number of carbonyl (C=O) groups is 1. The topological polar surface area (TPSA) is 165 Å². The van der Waals surface area contributed by atoms with Gasteiger partial charge in [-0.1, -0.05) is 0 Å². The third-order valence-corrected chi connectivity index (χ3v) is 8.14. The lowest BCUT2D eigenvalue weighted by molar-refractivity contribution is -0.384. The molecule has 2 aromatic carbocycles. The molecule has 0 aliphatic carbocycles. The first-order chi connectivity index (χ1) is 15.6. The van der Waals surface area contributed by atoms with Gasteiger partial charge in [0.1, 0.15) is 0 Å². The predicted molar refractivity (Wildman–Crippen MR) is 118 cm³/mol. The summed E-state index contributed by atoms with van der Waals surface area (Å²) in [4.78, 5) is 22.1. The summed E-state index contributed by atoms with van der Waals surface area (Å²) < 4.78 is 58.4. The van der Waals surface area contributed by atoms with Crippen LogP contribution in [0.25, 0.3) is 0 Å². The molecule has 1 saturated heterocycles. The minimum absolute atomic E-state index is 0.0956. The number of nitrogens with zero attached hydrogens (tertiary/aromatic N) is 2. The summed E-state index contributed by atoms with van der Waals surface area (Å²) in [5.41, 5.74) is 0.122. The monoisotopic (exact) mass is 498 g/mol. The molecule has 33 heavy (non-hydrogen) atoms. The minimum atomic E-state index is -3.94. The van der Waals surface area contributed by atoms with Gasteiger partial charge in [-0.25, -0.2) is 21.6 Å². The highest BCUT2D eigenvalue weighted by Crippen LogP contribution is 2.20. The molecule has 3 rings (SSSR count). The Bertz CT molecular complexity index is 1210. The Balaban J connectivity index is 1.52. The van der Waals surface area contributed by atoms with Gasteiger partial charge < -0.3 is 10.1 Å². The molecule has 2 N–H and O–H groups in total. The molecule has 1 amide bonds. The first kappa shape index (κ1) is 24.7. The van der Waals surface area contributed by atoms with Crippen molar-refractivity contribution >= 4 is 37.3 Å². The number of nitro benzene ring substituents is 1. The van der Waals surface area contributed by atoms with Crippen molar-refractivity contribution in [3.63, 3.8) is 0 Å². The third-order valence-electron chi connectivity index (χ3n) is 4.75. The van der Waals surface area contributed by atoms with Gasteiger partial charge in [0.05, 0.1) is 27.9 Å². The molecule has 0 unspecified atom stereocenters. The summed E-state index contributed by atoms with van der Waals surface area (Å²) in [7, 11) is -7.58. The van der Waals surface area contributed by atoms with Crippen molar-refractivity contribution in [1.82, 2.24) is 9.03 Å². The van der Waals surface area contributed by atoms with Gasteiger partial charge in [0.2, 0.25) is 26.0 Å². The Labute approximate surface area is 190 Å². The van der Waals surface area contributed by atoms with Crippen LogP contribution in [0.5, 0.6) is 0 Å². The lowest BCUT2D eigenvalue weighted by atomic mass is 10.3. The smallest absolute Gasteiger partial charge is 0.269 e. The first-order valence-electron chi connectivity index (χ1n) is 9.81. The van der Waals surface area contributed by atoms with Crippen LogP contribution >= 0.6 is 0 Å². The van der Waals surface area contributed by atoms with Crippen molar-refractivity contribution in [1.29, 1.82) is 0 Å². The van der Waals surface area contributed by atoms with E-state index < -0.39 is 30.9 Å². The van der Waals surface area contributed by atoms with Crippen molar-refractivity contribution in [3.05, 3.63) is 58.6 Å². The number of amides is 1. The van der Waals surface area contributed by atoms with Crippen LogP contribution in [0.3, 0.4) is 0 Å². The molecule has 1 heterocycles. The number of morpholine rings is 1. The molecule has 2 aromatic rings. The highest BCUT2D eigenvalue weighted by atomic mass is 32.2. The lowest BCUT2D eigenvalue weighted by Crippen LogP contribution is -2.40. The number of non-ortho nitro benzene ring substituents is 1. The van der Waals surface area contributed by atoms with Crippen LogP contribution in [0.15, 0.2) is 58.3 Å². The second-order valence-corrected chi connectivity index (χ2v) is 10.7. The largest absolute Gasteiger partial charge is 0.379 e. The van der Waals surface area contributed by atoms with Crippen LogP contribution in [-0.2, 0) is 29.6 Å². The summed E-state index contributed by atoms with van der Waals surface area (Å²) in [6, 6.07) is 10.0. The molecule has 1 fully saturated rings. The number of hydrogen-bond acceptors (Lipinski definition) is 8. The number of rotatable bonds is 9. The zero-order chi connectivity index (χ0) is 24.1. The molecule has 0 radical (unpaired) electrons. The van der Waals surface area contributed by atoms with E-state index in [0.717, 1.165) is 24.3 Å². The van der Waals surface area contributed by atoms with Crippen molar-refractivity contribution in [2.75, 3.05) is 38.2 Å². The summed E-state index contributed by atoms with van der Waals surface area (Å²) in [5.74, 6) is -0.481. The van der Waals surface area contributed by atoms with Gasteiger partial charge in [0, 0.05) is 43.9 Å². The average Bonchev–Trinajstić information content (AvgIpc) is 2.80. The molecule has 0 atom stereocenters. The van der Waals surface area contributed by atoms with Crippen LogP contribution < -0.4 is 10.0 Å². The highest BCUT2D eigenvalue weighted by molar-refractivity contribution is 7.89. The van der Waals surface area contributed by atoms with Crippen LogP contribution in [-0.4, -0.2) is 64.8 Å². The maximum Gasteiger partial charge on any atom is 0.269 e. The van der Waals surface area contributed by atoms with E-state index in [9.17, 15) is 31.7 Å². The van der Waals surface area contributed by atoms with Crippen molar-refractivity contribution in [3.8, 4) is 0 Å². The molecule has 1 aliphatic heterocycles. The second-order valence-electron chi connectivity index (χ2n) is 6.99. The van der Waals surface area contributed by atoms with E-state index in [1.807, 2.05) is 0 Å². The predicted octanol–water partition coefficient (Wildman–Crippen LogP) is 0.923. The molecule has 12 nitrogen and oxygen atoms in total. The van der Waals surface area contributed by atoms with Gasteiger partial charge in [-0.3, -0.25) is 14.9 Å². The van der Waals surface area contributed by atoms with Gasteiger partial charge >= 0.3 is 0 Å². The summed E-state index contributed by atoms with van der Waals surface area (Å²) >= 11 is 0. The summed E-state index contributed by atoms with van der Waals surface area (Å²) in [6.07, 6.45) is -0.181. The summed E-state index contributed by atoms with van der Waals surface area (Å²) in [5, 5.41) is 13.2. The number of hydrogen-bond donors (Lipinski definition) is 2. The fourth-order valence-corrected chi connectivity index (χ4v) is 5.44. The number of anilines is 1. The van der Waals surface area contributed by atoms with Gasteiger partial charge in [-0.05, 0) is 36.4 Å². The van der Waals surface area contributed by atoms with Crippen molar-refractivity contribution < 1.29 is 31.3 Å². The molecule has 178 valence electrons. The van der Waals surface area contributed by atoms with Crippen LogP contribution in [0, 0.1) is 10.1 Å².